The van der Waals surface area contributed by atoms with Gasteiger partial charge >= 0.3 is 0 Å². The Kier molecular flexibility index (Phi) is 6.97. The van der Waals surface area contributed by atoms with Crippen molar-refractivity contribution in [3.8, 4) is 0 Å². The summed E-state index contributed by atoms with van der Waals surface area (Å²) in [6, 6.07) is 0. The fourth-order valence-corrected chi connectivity index (χ4v) is 3.39. The lowest BCUT2D eigenvalue weighted by Crippen LogP contribution is -2.44. The molecular weight excluding hydrogens is 262 g/mol. The van der Waals surface area contributed by atoms with Crippen molar-refractivity contribution in [1.29, 1.82) is 0 Å². The molecule has 0 atom stereocenters. The third-order valence-corrected chi connectivity index (χ3v) is 4.69. The van der Waals surface area contributed by atoms with E-state index in [1.54, 1.807) is 0 Å². The van der Waals surface area contributed by atoms with E-state index in [-0.39, 0.29) is 0 Å². The summed E-state index contributed by atoms with van der Waals surface area (Å²) >= 11 is 0. The number of piperidine rings is 1. The second kappa shape index (κ2) is 8.50. The fourth-order valence-electron chi connectivity index (χ4n) is 3.39. The van der Waals surface area contributed by atoms with Gasteiger partial charge in [0.25, 0.3) is 0 Å². The van der Waals surface area contributed by atoms with E-state index in [0.717, 1.165) is 18.8 Å². The molecule has 21 heavy (non-hydrogen) atoms. The Morgan fingerprint density at radius 3 is 2.19 bits per heavy atom. The maximum atomic E-state index is 6.22. The monoisotopic (exact) mass is 297 g/mol. The molecule has 0 aromatic carbocycles. The zero-order chi connectivity index (χ0) is 15.2. The predicted octanol–water partition coefficient (Wildman–Crippen LogP) is 3.86. The van der Waals surface area contributed by atoms with Crippen LogP contribution in [0.5, 0.6) is 0 Å². The SMILES string of the molecule is CC(C)CCCN1CCC(OC2CC(OC(C)C)C2)CC1. The summed E-state index contributed by atoms with van der Waals surface area (Å²) in [6.07, 6.45) is 9.11. The molecule has 1 aliphatic heterocycles. The molecule has 1 heterocycles. The fraction of sp³-hybridized carbons (Fsp3) is 1.00. The quantitative estimate of drug-likeness (QED) is 0.679. The number of hydrogen-bond acceptors (Lipinski definition) is 3. The van der Waals surface area contributed by atoms with E-state index in [2.05, 4.69) is 32.6 Å². The molecule has 0 radical (unpaired) electrons. The van der Waals surface area contributed by atoms with Gasteiger partial charge in [0, 0.05) is 13.1 Å². The maximum absolute atomic E-state index is 6.22. The zero-order valence-electron chi connectivity index (χ0n) is 14.5. The molecule has 3 heteroatoms. The first-order valence-corrected chi connectivity index (χ1v) is 9.06. The van der Waals surface area contributed by atoms with Crippen molar-refractivity contribution in [3.63, 3.8) is 0 Å². The third kappa shape index (κ3) is 6.25. The minimum absolute atomic E-state index is 0.352. The Bertz CT molecular complexity index is 279. The standard InChI is InChI=1S/C18H35NO2/c1-14(2)6-5-9-19-10-7-16(8-11-19)21-18-12-17(13-18)20-15(3)4/h14-18H,5-13H2,1-4H3. The zero-order valence-corrected chi connectivity index (χ0v) is 14.5. The van der Waals surface area contributed by atoms with Crippen LogP contribution >= 0.6 is 0 Å². The van der Waals surface area contributed by atoms with Crippen LogP contribution in [-0.4, -0.2) is 49.0 Å². The first kappa shape index (κ1) is 17.2. The summed E-state index contributed by atoms with van der Waals surface area (Å²) < 4.78 is 12.0. The molecule has 0 bridgehead atoms. The van der Waals surface area contributed by atoms with Crippen molar-refractivity contribution in [2.75, 3.05) is 19.6 Å². The van der Waals surface area contributed by atoms with Gasteiger partial charge in [0.1, 0.15) is 0 Å². The molecule has 0 amide bonds. The Morgan fingerprint density at radius 1 is 0.952 bits per heavy atom. The molecule has 2 aliphatic rings. The Hall–Kier alpha value is -0.120. The third-order valence-electron chi connectivity index (χ3n) is 4.69. The van der Waals surface area contributed by atoms with Crippen molar-refractivity contribution in [2.45, 2.75) is 90.6 Å². The number of likely N-dealkylation sites (tertiary alicyclic amines) is 1. The van der Waals surface area contributed by atoms with Crippen molar-refractivity contribution in [3.05, 3.63) is 0 Å². The van der Waals surface area contributed by atoms with Crippen LogP contribution in [-0.2, 0) is 9.47 Å². The van der Waals surface area contributed by atoms with Gasteiger partial charge in [-0.1, -0.05) is 13.8 Å². The van der Waals surface area contributed by atoms with Gasteiger partial charge in [-0.2, -0.15) is 0 Å². The van der Waals surface area contributed by atoms with Gasteiger partial charge in [-0.25, -0.2) is 0 Å². The summed E-state index contributed by atoms with van der Waals surface area (Å²) in [6.45, 7) is 12.6. The van der Waals surface area contributed by atoms with Crippen LogP contribution in [0.2, 0.25) is 0 Å². The summed E-state index contributed by atoms with van der Waals surface area (Å²) in [5.74, 6) is 0.838. The highest BCUT2D eigenvalue weighted by Gasteiger charge is 2.33. The normalized spacial score (nSPS) is 28.3. The largest absolute Gasteiger partial charge is 0.375 e. The Labute approximate surface area is 131 Å². The van der Waals surface area contributed by atoms with Gasteiger partial charge in [-0.3, -0.25) is 0 Å². The highest BCUT2D eigenvalue weighted by atomic mass is 16.5. The molecule has 2 rings (SSSR count). The number of nitrogens with zero attached hydrogens (tertiary/aromatic N) is 1. The molecular formula is C18H35NO2. The molecule has 3 nitrogen and oxygen atoms in total. The smallest absolute Gasteiger partial charge is 0.0628 e. The number of rotatable bonds is 8. The summed E-state index contributed by atoms with van der Waals surface area (Å²) in [5.41, 5.74) is 0. The first-order valence-electron chi connectivity index (χ1n) is 9.06. The minimum Gasteiger partial charge on any atom is -0.375 e. The van der Waals surface area contributed by atoms with Crippen LogP contribution in [0.4, 0.5) is 0 Å². The average Bonchev–Trinajstić information content (AvgIpc) is 2.37. The molecule has 1 aliphatic carbocycles. The lowest BCUT2D eigenvalue weighted by atomic mass is 9.91. The van der Waals surface area contributed by atoms with Crippen LogP contribution in [0, 0.1) is 5.92 Å². The van der Waals surface area contributed by atoms with Crippen molar-refractivity contribution < 1.29 is 9.47 Å². The van der Waals surface area contributed by atoms with Crippen molar-refractivity contribution in [1.82, 2.24) is 4.90 Å². The van der Waals surface area contributed by atoms with Crippen LogP contribution in [0.1, 0.15) is 66.2 Å². The molecule has 1 saturated heterocycles. The summed E-state index contributed by atoms with van der Waals surface area (Å²) in [7, 11) is 0. The molecule has 0 unspecified atom stereocenters. The van der Waals surface area contributed by atoms with Gasteiger partial charge in [-0.05, 0) is 64.8 Å². The molecule has 0 N–H and O–H groups in total. The molecule has 0 spiro atoms. The molecule has 0 aromatic rings. The highest BCUT2D eigenvalue weighted by molar-refractivity contribution is 4.84. The van der Waals surface area contributed by atoms with E-state index in [4.69, 9.17) is 9.47 Å². The van der Waals surface area contributed by atoms with Crippen molar-refractivity contribution >= 4 is 0 Å². The van der Waals surface area contributed by atoms with Crippen LogP contribution < -0.4 is 0 Å². The lowest BCUT2D eigenvalue weighted by molar-refractivity contribution is -0.145. The average molecular weight is 297 g/mol. The number of hydrogen-bond donors (Lipinski definition) is 0. The van der Waals surface area contributed by atoms with E-state index in [9.17, 15) is 0 Å². The minimum atomic E-state index is 0.352. The Balaban J connectivity index is 1.52. The van der Waals surface area contributed by atoms with Crippen LogP contribution in [0.3, 0.4) is 0 Å². The van der Waals surface area contributed by atoms with Crippen molar-refractivity contribution in [2.24, 2.45) is 5.92 Å². The van der Waals surface area contributed by atoms with E-state index >= 15 is 0 Å². The molecule has 0 aromatic heterocycles. The first-order chi connectivity index (χ1) is 10.0. The van der Waals surface area contributed by atoms with E-state index in [1.807, 2.05) is 0 Å². The second-order valence-electron chi connectivity index (χ2n) is 7.61. The van der Waals surface area contributed by atoms with Crippen LogP contribution in [0.15, 0.2) is 0 Å². The molecule has 1 saturated carbocycles. The van der Waals surface area contributed by atoms with E-state index in [0.29, 0.717) is 24.4 Å². The number of ether oxygens (including phenoxy) is 2. The van der Waals surface area contributed by atoms with E-state index in [1.165, 1.54) is 45.3 Å². The molecule has 124 valence electrons. The second-order valence-corrected chi connectivity index (χ2v) is 7.61. The molecule has 2 fully saturated rings. The van der Waals surface area contributed by atoms with Gasteiger partial charge < -0.3 is 14.4 Å². The van der Waals surface area contributed by atoms with Crippen LogP contribution in [0.25, 0.3) is 0 Å². The maximum Gasteiger partial charge on any atom is 0.0628 e. The van der Waals surface area contributed by atoms with Gasteiger partial charge in [0.2, 0.25) is 0 Å². The topological polar surface area (TPSA) is 21.7 Å². The van der Waals surface area contributed by atoms with Gasteiger partial charge in [-0.15, -0.1) is 0 Å². The highest BCUT2D eigenvalue weighted by Crippen LogP contribution is 2.30. The summed E-state index contributed by atoms with van der Waals surface area (Å²) in [4.78, 5) is 2.62. The predicted molar refractivity (Wildman–Crippen MR) is 87.7 cm³/mol. The van der Waals surface area contributed by atoms with E-state index < -0.39 is 0 Å². The van der Waals surface area contributed by atoms with Gasteiger partial charge in [0.15, 0.2) is 0 Å². The Morgan fingerprint density at radius 2 is 1.62 bits per heavy atom. The lowest BCUT2D eigenvalue weighted by Gasteiger charge is -2.40. The summed E-state index contributed by atoms with van der Waals surface area (Å²) in [5, 5.41) is 0. The van der Waals surface area contributed by atoms with Gasteiger partial charge in [0.05, 0.1) is 24.4 Å².